The highest BCUT2D eigenvalue weighted by molar-refractivity contribution is 6.05. The molecule has 0 bridgehead atoms. The lowest BCUT2D eigenvalue weighted by Crippen LogP contribution is -1.99. The van der Waals surface area contributed by atoms with Gasteiger partial charge in [-0.2, -0.15) is 0 Å². The van der Waals surface area contributed by atoms with E-state index in [0.717, 1.165) is 29.4 Å². The van der Waals surface area contributed by atoms with Crippen molar-refractivity contribution in [1.82, 2.24) is 0 Å². The number of carbonyl (C=O) groups is 1. The normalized spacial score (nSPS) is 15.7. The van der Waals surface area contributed by atoms with Crippen LogP contribution in [-0.4, -0.2) is 5.78 Å². The molecule has 0 N–H and O–H groups in total. The second-order valence-electron chi connectivity index (χ2n) is 5.33. The predicted octanol–water partition coefficient (Wildman–Crippen LogP) is 4.81. The number of hydrogen-bond donors (Lipinski definition) is 0. The van der Waals surface area contributed by atoms with Gasteiger partial charge in [-0.1, -0.05) is 30.2 Å². The van der Waals surface area contributed by atoms with Crippen LogP contribution in [0.3, 0.4) is 0 Å². The summed E-state index contributed by atoms with van der Waals surface area (Å²) in [6, 6.07) is 7.82. The van der Waals surface area contributed by atoms with Crippen molar-refractivity contribution in [1.29, 1.82) is 0 Å². The number of para-hydroxylation sites is 1. The molecule has 1 aromatic carbocycles. The van der Waals surface area contributed by atoms with Gasteiger partial charge >= 0.3 is 0 Å². The largest absolute Gasteiger partial charge is 0.452 e. The third-order valence-corrected chi connectivity index (χ3v) is 3.81. The number of allylic oxidation sites excluding steroid dienone is 2. The maximum absolute atomic E-state index is 12.2. The second kappa shape index (κ2) is 5.04. The Hall–Kier alpha value is -1.83. The first-order valence-electron chi connectivity index (χ1n) is 6.97. The van der Waals surface area contributed by atoms with Gasteiger partial charge in [-0.05, 0) is 50.3 Å². The van der Waals surface area contributed by atoms with E-state index in [4.69, 9.17) is 4.42 Å². The fourth-order valence-corrected chi connectivity index (χ4v) is 2.74. The minimum absolute atomic E-state index is 0.00694. The van der Waals surface area contributed by atoms with E-state index in [-0.39, 0.29) is 5.78 Å². The summed E-state index contributed by atoms with van der Waals surface area (Å²) in [5.74, 6) is 0.467. The quantitative estimate of drug-likeness (QED) is 0.568. The number of ketones is 1. The molecule has 0 radical (unpaired) electrons. The zero-order valence-electron chi connectivity index (χ0n) is 11.2. The molecule has 0 saturated heterocycles. The van der Waals surface area contributed by atoms with Crippen LogP contribution in [-0.2, 0) is 0 Å². The number of hydrogen-bond acceptors (Lipinski definition) is 2. The van der Waals surface area contributed by atoms with Gasteiger partial charge in [0.15, 0.2) is 5.76 Å². The lowest BCUT2D eigenvalue weighted by atomic mass is 9.94. The van der Waals surface area contributed by atoms with E-state index in [9.17, 15) is 4.79 Å². The van der Waals surface area contributed by atoms with Gasteiger partial charge in [0.25, 0.3) is 0 Å². The Balaban J connectivity index is 1.91. The first kappa shape index (κ1) is 12.2. The summed E-state index contributed by atoms with van der Waals surface area (Å²) in [4.78, 5) is 12.2. The smallest absolute Gasteiger partial charge is 0.220 e. The first-order valence-corrected chi connectivity index (χ1v) is 6.97. The third-order valence-electron chi connectivity index (χ3n) is 3.81. The monoisotopic (exact) mass is 254 g/mol. The van der Waals surface area contributed by atoms with Crippen molar-refractivity contribution in [2.24, 2.45) is 0 Å². The number of aryl methyl sites for hydroxylation is 1. The minimum atomic E-state index is 0.00694. The van der Waals surface area contributed by atoms with Gasteiger partial charge in [-0.15, -0.1) is 0 Å². The summed E-state index contributed by atoms with van der Waals surface area (Å²) in [7, 11) is 0. The summed E-state index contributed by atoms with van der Waals surface area (Å²) < 4.78 is 5.71. The van der Waals surface area contributed by atoms with Gasteiger partial charge in [0.1, 0.15) is 5.58 Å². The highest BCUT2D eigenvalue weighted by atomic mass is 16.3. The van der Waals surface area contributed by atoms with Gasteiger partial charge in [0.05, 0.1) is 0 Å². The van der Waals surface area contributed by atoms with E-state index < -0.39 is 0 Å². The Morgan fingerprint density at radius 1 is 1.21 bits per heavy atom. The number of fused-ring (bicyclic) bond motifs is 1. The molecule has 2 heteroatoms. The Morgan fingerprint density at radius 3 is 2.74 bits per heavy atom. The summed E-state index contributed by atoms with van der Waals surface area (Å²) in [6.07, 6.45) is 7.61. The fraction of sp³-hybridized carbons (Fsp3) is 0.353. The molecule has 2 nitrogen and oxygen atoms in total. The zero-order valence-corrected chi connectivity index (χ0v) is 11.2. The first-order chi connectivity index (χ1) is 9.24. The van der Waals surface area contributed by atoms with Crippen molar-refractivity contribution < 1.29 is 9.21 Å². The molecule has 1 fully saturated rings. The van der Waals surface area contributed by atoms with E-state index in [0.29, 0.717) is 5.76 Å². The van der Waals surface area contributed by atoms with Crippen LogP contribution in [0.4, 0.5) is 0 Å². The number of furan rings is 1. The fourth-order valence-electron chi connectivity index (χ4n) is 2.74. The van der Waals surface area contributed by atoms with Crippen molar-refractivity contribution in [3.8, 4) is 0 Å². The molecule has 0 atom stereocenters. The van der Waals surface area contributed by atoms with E-state index >= 15 is 0 Å². The Labute approximate surface area is 113 Å². The zero-order chi connectivity index (χ0) is 13.2. The SMILES string of the molecule is Cc1cccc2cc(C(=O)C=C3CCCCC3)oc12. The Morgan fingerprint density at radius 2 is 2.00 bits per heavy atom. The number of carbonyl (C=O) groups excluding carboxylic acids is 1. The number of benzene rings is 1. The van der Waals surface area contributed by atoms with Gasteiger partial charge in [-0.25, -0.2) is 0 Å². The third kappa shape index (κ3) is 2.48. The van der Waals surface area contributed by atoms with Crippen LogP contribution in [0.15, 0.2) is 40.3 Å². The molecule has 1 aromatic heterocycles. The van der Waals surface area contributed by atoms with Crippen molar-refractivity contribution in [2.75, 3.05) is 0 Å². The van der Waals surface area contributed by atoms with Crippen LogP contribution < -0.4 is 0 Å². The van der Waals surface area contributed by atoms with Crippen molar-refractivity contribution >= 4 is 16.8 Å². The molecule has 19 heavy (non-hydrogen) atoms. The van der Waals surface area contributed by atoms with Crippen molar-refractivity contribution in [3.05, 3.63) is 47.2 Å². The average molecular weight is 254 g/mol. The van der Waals surface area contributed by atoms with Crippen LogP contribution in [0.1, 0.15) is 48.2 Å². The predicted molar refractivity (Wildman–Crippen MR) is 76.4 cm³/mol. The minimum Gasteiger partial charge on any atom is -0.452 e. The second-order valence-corrected chi connectivity index (χ2v) is 5.33. The molecule has 0 spiro atoms. The van der Waals surface area contributed by atoms with E-state index in [1.807, 2.05) is 31.2 Å². The van der Waals surface area contributed by atoms with Crippen LogP contribution in [0.2, 0.25) is 0 Å². The molecule has 1 heterocycles. The highest BCUT2D eigenvalue weighted by Gasteiger charge is 2.13. The van der Waals surface area contributed by atoms with Crippen LogP contribution in [0.25, 0.3) is 11.0 Å². The lowest BCUT2D eigenvalue weighted by molar-refractivity contribution is 0.102. The lowest BCUT2D eigenvalue weighted by Gasteiger charge is -2.12. The standard InChI is InChI=1S/C17H18O2/c1-12-6-5-9-14-11-16(19-17(12)14)15(18)10-13-7-3-2-4-8-13/h5-6,9-11H,2-4,7-8H2,1H3. The molecule has 0 unspecified atom stereocenters. The molecular weight excluding hydrogens is 236 g/mol. The van der Waals surface area contributed by atoms with Crippen molar-refractivity contribution in [3.63, 3.8) is 0 Å². The molecular formula is C17H18O2. The van der Waals surface area contributed by atoms with Gasteiger partial charge < -0.3 is 4.42 Å². The maximum Gasteiger partial charge on any atom is 0.220 e. The van der Waals surface area contributed by atoms with E-state index in [1.165, 1.54) is 24.8 Å². The summed E-state index contributed by atoms with van der Waals surface area (Å²) >= 11 is 0. The summed E-state index contributed by atoms with van der Waals surface area (Å²) in [5, 5.41) is 1.00. The van der Waals surface area contributed by atoms with E-state index in [1.54, 1.807) is 6.08 Å². The molecule has 1 saturated carbocycles. The summed E-state index contributed by atoms with van der Waals surface area (Å²) in [6.45, 7) is 2.00. The van der Waals surface area contributed by atoms with Crippen molar-refractivity contribution in [2.45, 2.75) is 39.0 Å². The van der Waals surface area contributed by atoms with E-state index in [2.05, 4.69) is 0 Å². The molecule has 2 aromatic rings. The Kier molecular flexibility index (Phi) is 3.24. The highest BCUT2D eigenvalue weighted by Crippen LogP contribution is 2.26. The van der Waals surface area contributed by atoms with Crippen LogP contribution in [0.5, 0.6) is 0 Å². The van der Waals surface area contributed by atoms with Gasteiger partial charge in [0, 0.05) is 5.39 Å². The van der Waals surface area contributed by atoms with Gasteiger partial charge in [-0.3, -0.25) is 4.79 Å². The molecule has 3 rings (SSSR count). The number of rotatable bonds is 2. The molecule has 1 aliphatic rings. The summed E-state index contributed by atoms with van der Waals surface area (Å²) in [5.41, 5.74) is 3.17. The maximum atomic E-state index is 12.2. The molecule has 1 aliphatic carbocycles. The van der Waals surface area contributed by atoms with Gasteiger partial charge in [0.2, 0.25) is 5.78 Å². The average Bonchev–Trinajstić information content (AvgIpc) is 2.85. The molecule has 0 aliphatic heterocycles. The molecule has 0 amide bonds. The Bertz CT molecular complexity index is 638. The molecule has 98 valence electrons. The topological polar surface area (TPSA) is 30.2 Å². The van der Waals surface area contributed by atoms with Crippen LogP contribution in [0, 0.1) is 6.92 Å². The van der Waals surface area contributed by atoms with Crippen LogP contribution >= 0.6 is 0 Å².